The molecule has 1 amide bonds. The number of carbonyl (C=O) groups excluding carboxylic acids is 1. The van der Waals surface area contributed by atoms with Gasteiger partial charge in [0, 0.05) is 0 Å². The minimum atomic E-state index is -7.83. The lowest BCUT2D eigenvalue weighted by molar-refractivity contribution is -0.406. The molecule has 0 fully saturated rings. The van der Waals surface area contributed by atoms with Gasteiger partial charge in [-0.3, -0.25) is 4.79 Å². The summed E-state index contributed by atoms with van der Waals surface area (Å²) in [5.74, 6) is -40.6. The van der Waals surface area contributed by atoms with Crippen LogP contribution >= 0.6 is 34.8 Å². The molecule has 0 heterocycles. The van der Waals surface area contributed by atoms with Crippen LogP contribution in [-0.2, 0) is 4.79 Å². The van der Waals surface area contributed by atoms with Crippen molar-refractivity contribution < 1.29 is 57.5 Å². The molecule has 0 bridgehead atoms. The van der Waals surface area contributed by atoms with Crippen LogP contribution in [0.2, 0.25) is 15.1 Å². The van der Waals surface area contributed by atoms with E-state index in [0.717, 1.165) is 5.32 Å². The molecule has 0 unspecified atom stereocenters. The predicted molar refractivity (Wildman–Crippen MR) is 80.8 cm³/mol. The molecule has 30 heavy (non-hydrogen) atoms. The molecular weight excluding hydrogens is 520 g/mol. The molecular formula is C13H4Cl3F12NO. The molecule has 0 aliphatic rings. The van der Waals surface area contributed by atoms with Gasteiger partial charge < -0.3 is 5.32 Å². The summed E-state index contributed by atoms with van der Waals surface area (Å²) in [7, 11) is 0. The Labute approximate surface area is 173 Å². The summed E-state index contributed by atoms with van der Waals surface area (Å²) in [5, 5.41) is -0.791. The third-order valence-electron chi connectivity index (χ3n) is 3.42. The van der Waals surface area contributed by atoms with Crippen molar-refractivity contribution >= 4 is 46.4 Å². The van der Waals surface area contributed by atoms with Gasteiger partial charge in [-0.25, -0.2) is 8.78 Å². The van der Waals surface area contributed by atoms with E-state index in [9.17, 15) is 57.5 Å². The predicted octanol–water partition coefficient (Wildman–Crippen LogP) is 7.03. The highest BCUT2D eigenvalue weighted by Crippen LogP contribution is 2.58. The largest absolute Gasteiger partial charge is 0.393 e. The number of halogens is 15. The number of carbonyl (C=O) groups is 1. The van der Waals surface area contributed by atoms with Crippen LogP contribution in [0.25, 0.3) is 0 Å². The molecule has 0 aliphatic carbocycles. The Morgan fingerprint density at radius 1 is 0.733 bits per heavy atom. The highest BCUT2D eigenvalue weighted by atomic mass is 35.5. The molecule has 1 aromatic rings. The Hall–Kier alpha value is -1.28. The topological polar surface area (TPSA) is 29.1 Å². The van der Waals surface area contributed by atoms with Gasteiger partial charge in [0.25, 0.3) is 0 Å². The Bertz CT molecular complexity index is 830. The maximum atomic E-state index is 13.7. The summed E-state index contributed by atoms with van der Waals surface area (Å²) < 4.78 is 157. The first-order valence-electron chi connectivity index (χ1n) is 6.79. The van der Waals surface area contributed by atoms with Crippen LogP contribution in [0, 0.1) is 0 Å². The zero-order valence-electron chi connectivity index (χ0n) is 13.3. The molecule has 0 saturated carbocycles. The van der Waals surface area contributed by atoms with E-state index < -0.39 is 57.7 Å². The second-order valence-electron chi connectivity index (χ2n) is 5.42. The zero-order valence-corrected chi connectivity index (χ0v) is 15.6. The third-order valence-corrected chi connectivity index (χ3v) is 4.45. The van der Waals surface area contributed by atoms with Crippen LogP contribution in [0.3, 0.4) is 0 Å². The fourth-order valence-electron chi connectivity index (χ4n) is 1.70. The van der Waals surface area contributed by atoms with Crippen LogP contribution in [0.15, 0.2) is 12.1 Å². The number of hydrogen-bond donors (Lipinski definition) is 1. The number of anilines is 1. The lowest BCUT2D eigenvalue weighted by atomic mass is 9.94. The van der Waals surface area contributed by atoms with E-state index in [0.29, 0.717) is 12.1 Å². The first kappa shape index (κ1) is 26.8. The second kappa shape index (κ2) is 8.01. The maximum Gasteiger partial charge on any atom is 0.393 e. The summed E-state index contributed by atoms with van der Waals surface area (Å²) in [6.07, 6.45) is -5.65. The Morgan fingerprint density at radius 3 is 1.60 bits per heavy atom. The summed E-state index contributed by atoms with van der Waals surface area (Å²) in [6.45, 7) is 0. The van der Waals surface area contributed by atoms with E-state index in [4.69, 9.17) is 34.8 Å². The van der Waals surface area contributed by atoms with Gasteiger partial charge in [-0.05, 0) is 12.1 Å². The fourth-order valence-corrected chi connectivity index (χ4v) is 2.30. The van der Waals surface area contributed by atoms with Crippen LogP contribution < -0.4 is 5.32 Å². The summed E-state index contributed by atoms with van der Waals surface area (Å²) in [4.78, 5) is 11.4. The number of alkyl halides is 12. The van der Waals surface area contributed by atoms with Crippen molar-refractivity contribution in [3.8, 4) is 0 Å². The average Bonchev–Trinajstić information content (AvgIpc) is 2.58. The van der Waals surface area contributed by atoms with Gasteiger partial charge in [0.05, 0.1) is 20.8 Å². The molecule has 1 rings (SSSR count). The third kappa shape index (κ3) is 3.97. The molecule has 0 aromatic heterocycles. The highest BCUT2D eigenvalue weighted by molar-refractivity contribution is 6.44. The van der Waals surface area contributed by atoms with Gasteiger partial charge in [0.2, 0.25) is 0 Å². The second-order valence-corrected chi connectivity index (χ2v) is 6.64. The Morgan fingerprint density at radius 2 is 1.17 bits per heavy atom. The summed E-state index contributed by atoms with van der Waals surface area (Å²) >= 11 is 16.3. The Kier molecular flexibility index (Phi) is 7.14. The quantitative estimate of drug-likeness (QED) is 0.301. The van der Waals surface area contributed by atoms with E-state index in [1.807, 2.05) is 0 Å². The number of benzene rings is 1. The maximum absolute atomic E-state index is 13.7. The lowest BCUT2D eigenvalue weighted by Gasteiger charge is -2.38. The molecule has 17 heteroatoms. The van der Waals surface area contributed by atoms with Crippen molar-refractivity contribution in [3.63, 3.8) is 0 Å². The Balaban J connectivity index is 3.41. The average molecular weight is 525 g/mol. The van der Waals surface area contributed by atoms with Crippen molar-refractivity contribution in [1.29, 1.82) is 0 Å². The highest BCUT2D eigenvalue weighted by Gasteiger charge is 2.89. The first-order valence-corrected chi connectivity index (χ1v) is 7.92. The number of amides is 1. The van der Waals surface area contributed by atoms with Gasteiger partial charge in [-0.15, -0.1) is 0 Å². The van der Waals surface area contributed by atoms with Crippen LogP contribution in [0.1, 0.15) is 0 Å². The van der Waals surface area contributed by atoms with E-state index >= 15 is 0 Å². The zero-order chi connectivity index (χ0) is 24.1. The van der Waals surface area contributed by atoms with E-state index in [-0.39, 0.29) is 5.02 Å². The van der Waals surface area contributed by atoms with Gasteiger partial charge in [-0.2, -0.15) is 43.9 Å². The van der Waals surface area contributed by atoms with Gasteiger partial charge >= 0.3 is 41.9 Å². The molecule has 0 saturated heterocycles. The van der Waals surface area contributed by atoms with Gasteiger partial charge in [0.15, 0.2) is 0 Å². The van der Waals surface area contributed by atoms with Crippen molar-refractivity contribution in [2.45, 2.75) is 36.0 Å². The minimum Gasteiger partial charge on any atom is -0.319 e. The standard InChI is InChI=1S/C13H4Cl3F12NO/c14-3-1-5(16)6(2-4(3)15)29-8(30)10(21,22)12(25,26)13(27,28)11(23,24)9(19,20)7(17)18/h1-2,7H,(H,29,30). The van der Waals surface area contributed by atoms with Crippen molar-refractivity contribution in [1.82, 2.24) is 0 Å². The fraction of sp³-hybridized carbons (Fsp3) is 0.462. The molecule has 0 spiro atoms. The van der Waals surface area contributed by atoms with Crippen LogP contribution in [-0.4, -0.2) is 41.9 Å². The minimum absolute atomic E-state index is 0.350. The lowest BCUT2D eigenvalue weighted by Crippen LogP contribution is -2.70. The van der Waals surface area contributed by atoms with Crippen LogP contribution in [0.4, 0.5) is 58.4 Å². The van der Waals surface area contributed by atoms with E-state index in [2.05, 4.69) is 0 Å². The van der Waals surface area contributed by atoms with Crippen molar-refractivity contribution in [2.75, 3.05) is 5.32 Å². The normalized spacial score (nSPS) is 14.3. The van der Waals surface area contributed by atoms with Crippen LogP contribution in [0.5, 0.6) is 0 Å². The monoisotopic (exact) mass is 523 g/mol. The smallest absolute Gasteiger partial charge is 0.319 e. The molecule has 172 valence electrons. The molecule has 0 radical (unpaired) electrons. The van der Waals surface area contributed by atoms with Gasteiger partial charge in [-0.1, -0.05) is 34.8 Å². The van der Waals surface area contributed by atoms with Crippen molar-refractivity contribution in [3.05, 3.63) is 27.2 Å². The first-order chi connectivity index (χ1) is 13.2. The summed E-state index contributed by atoms with van der Waals surface area (Å²) in [6, 6.07) is 1.14. The summed E-state index contributed by atoms with van der Waals surface area (Å²) in [5.41, 5.74) is -1.04. The number of hydrogen-bond acceptors (Lipinski definition) is 1. The molecule has 1 aromatic carbocycles. The van der Waals surface area contributed by atoms with E-state index in [1.54, 1.807) is 0 Å². The number of nitrogens with one attached hydrogen (secondary N) is 1. The molecule has 2 nitrogen and oxygen atoms in total. The van der Waals surface area contributed by atoms with Gasteiger partial charge in [0.1, 0.15) is 0 Å². The van der Waals surface area contributed by atoms with Crippen molar-refractivity contribution in [2.24, 2.45) is 0 Å². The van der Waals surface area contributed by atoms with E-state index in [1.165, 1.54) is 0 Å². The molecule has 1 N–H and O–H groups in total. The number of rotatable bonds is 7. The molecule has 0 atom stereocenters. The SMILES string of the molecule is O=C(Nc1cc(Cl)c(Cl)cc1Cl)C(F)(F)C(F)(F)C(F)(F)C(F)(F)C(F)(F)C(F)F. The molecule has 0 aliphatic heterocycles.